The third-order valence-electron chi connectivity index (χ3n) is 4.40. The number of carbonyl (C=O) groups excluding carboxylic acids is 2. The quantitative estimate of drug-likeness (QED) is 0.305. The van der Waals surface area contributed by atoms with Gasteiger partial charge in [0.25, 0.3) is 11.8 Å². The fourth-order valence-electron chi connectivity index (χ4n) is 2.71. The molecule has 160 valence electrons. The zero-order valence-electron chi connectivity index (χ0n) is 17.5. The number of rotatable bonds is 9. The number of allylic oxidation sites excluding steroid dienone is 1. The van der Waals surface area contributed by atoms with E-state index in [1.165, 1.54) is 6.08 Å². The number of carbonyl (C=O) groups is 2. The molecule has 0 saturated heterocycles. The maximum Gasteiger partial charge on any atom is 0.268 e. The summed E-state index contributed by atoms with van der Waals surface area (Å²) in [5.41, 5.74) is 2.18. The van der Waals surface area contributed by atoms with Crippen LogP contribution >= 0.6 is 0 Å². The van der Waals surface area contributed by atoms with Gasteiger partial charge in [0.15, 0.2) is 0 Å². The summed E-state index contributed by atoms with van der Waals surface area (Å²) in [7, 11) is 0. The van der Waals surface area contributed by atoms with Crippen molar-refractivity contribution >= 4 is 17.9 Å². The van der Waals surface area contributed by atoms with E-state index in [9.17, 15) is 9.59 Å². The fourth-order valence-corrected chi connectivity index (χ4v) is 2.71. The molecule has 0 unspecified atom stereocenters. The second-order valence-corrected chi connectivity index (χ2v) is 6.76. The summed E-state index contributed by atoms with van der Waals surface area (Å²) in [6.45, 7) is 7.62. The van der Waals surface area contributed by atoms with E-state index in [1.807, 2.05) is 18.2 Å². The molecule has 0 radical (unpaired) electrons. The first-order chi connectivity index (χ1) is 15.5. The Bertz CT molecular complexity index is 1120. The van der Waals surface area contributed by atoms with Crippen LogP contribution in [0.15, 0.2) is 110 Å². The number of hydrogen-bond acceptors (Lipinski definition) is 4. The van der Waals surface area contributed by atoms with Crippen LogP contribution in [0.1, 0.15) is 21.5 Å². The molecule has 2 amide bonds. The molecule has 6 nitrogen and oxygen atoms in total. The number of aromatic nitrogens is 1. The van der Waals surface area contributed by atoms with Crippen LogP contribution in [0.5, 0.6) is 5.75 Å². The standard InChI is InChI=1S/C26H23N3O3/c1-3-19(2)32-23-11-9-20(10-12-23)17-24(29-25(30)22-7-5-4-6-8-22)26(31)28-18-21-13-15-27-16-14-21/h3-17H,1-2,18H2,(H,28,31)(H,29,30)/b24-17-. The molecule has 0 aliphatic rings. The van der Waals surface area contributed by atoms with Gasteiger partial charge in [-0.2, -0.15) is 0 Å². The minimum atomic E-state index is -0.411. The van der Waals surface area contributed by atoms with Gasteiger partial charge in [0, 0.05) is 24.5 Å². The van der Waals surface area contributed by atoms with Crippen molar-refractivity contribution in [3.63, 3.8) is 0 Å². The van der Waals surface area contributed by atoms with Gasteiger partial charge in [-0.1, -0.05) is 43.5 Å². The summed E-state index contributed by atoms with van der Waals surface area (Å²) in [5.74, 6) is 0.230. The van der Waals surface area contributed by atoms with Crippen LogP contribution in [0, 0.1) is 0 Å². The van der Waals surface area contributed by atoms with Crippen molar-refractivity contribution in [2.24, 2.45) is 0 Å². The molecule has 1 heterocycles. The number of ether oxygens (including phenoxy) is 1. The third-order valence-corrected chi connectivity index (χ3v) is 4.40. The smallest absolute Gasteiger partial charge is 0.268 e. The van der Waals surface area contributed by atoms with Crippen molar-refractivity contribution in [1.82, 2.24) is 15.6 Å². The van der Waals surface area contributed by atoms with Gasteiger partial charge in [-0.05, 0) is 59.7 Å². The lowest BCUT2D eigenvalue weighted by atomic mass is 10.1. The molecule has 0 saturated carbocycles. The number of benzene rings is 2. The Labute approximate surface area is 187 Å². The monoisotopic (exact) mass is 425 g/mol. The minimum absolute atomic E-state index is 0.122. The molecule has 0 bridgehead atoms. The van der Waals surface area contributed by atoms with E-state index in [-0.39, 0.29) is 11.6 Å². The second kappa shape index (κ2) is 11.1. The highest BCUT2D eigenvalue weighted by molar-refractivity contribution is 6.05. The van der Waals surface area contributed by atoms with Gasteiger partial charge < -0.3 is 15.4 Å². The van der Waals surface area contributed by atoms with Crippen molar-refractivity contribution in [3.05, 3.63) is 127 Å². The Morgan fingerprint density at radius 3 is 2.31 bits per heavy atom. The van der Waals surface area contributed by atoms with Gasteiger partial charge in [-0.25, -0.2) is 0 Å². The van der Waals surface area contributed by atoms with Crippen LogP contribution in [0.2, 0.25) is 0 Å². The van der Waals surface area contributed by atoms with E-state index in [0.29, 0.717) is 29.2 Å². The predicted octanol–water partition coefficient (Wildman–Crippen LogP) is 4.25. The van der Waals surface area contributed by atoms with Gasteiger partial charge in [0.2, 0.25) is 0 Å². The van der Waals surface area contributed by atoms with Gasteiger partial charge in [-0.15, -0.1) is 0 Å². The van der Waals surface area contributed by atoms with Gasteiger partial charge in [0.1, 0.15) is 17.2 Å². The number of amides is 2. The molecule has 0 aliphatic heterocycles. The Morgan fingerprint density at radius 1 is 0.969 bits per heavy atom. The van der Waals surface area contributed by atoms with Crippen LogP contribution < -0.4 is 15.4 Å². The Morgan fingerprint density at radius 2 is 1.66 bits per heavy atom. The molecule has 1 aromatic heterocycles. The van der Waals surface area contributed by atoms with Gasteiger partial charge in [0.05, 0.1) is 0 Å². The van der Waals surface area contributed by atoms with E-state index in [2.05, 4.69) is 28.8 Å². The lowest BCUT2D eigenvalue weighted by Gasteiger charge is -2.12. The molecule has 2 aromatic carbocycles. The van der Waals surface area contributed by atoms with Crippen molar-refractivity contribution in [3.8, 4) is 5.75 Å². The van der Waals surface area contributed by atoms with Gasteiger partial charge >= 0.3 is 0 Å². The average Bonchev–Trinajstić information content (AvgIpc) is 2.84. The van der Waals surface area contributed by atoms with Crippen molar-refractivity contribution in [1.29, 1.82) is 0 Å². The van der Waals surface area contributed by atoms with E-state index in [0.717, 1.165) is 5.56 Å². The van der Waals surface area contributed by atoms with E-state index in [1.54, 1.807) is 67.0 Å². The molecule has 6 heteroatoms. The van der Waals surface area contributed by atoms with Crippen LogP contribution in [0.4, 0.5) is 0 Å². The molecular formula is C26H23N3O3. The van der Waals surface area contributed by atoms with Crippen LogP contribution in [0.25, 0.3) is 6.08 Å². The fraction of sp³-hybridized carbons (Fsp3) is 0.0385. The molecule has 0 aliphatic carbocycles. The molecule has 0 spiro atoms. The first kappa shape index (κ1) is 22.2. The Balaban J connectivity index is 1.80. The molecular weight excluding hydrogens is 402 g/mol. The molecule has 3 rings (SSSR count). The summed E-state index contributed by atoms with van der Waals surface area (Å²) in [6.07, 6.45) is 6.42. The Hall–Kier alpha value is -4.45. The van der Waals surface area contributed by atoms with Crippen molar-refractivity contribution in [2.45, 2.75) is 6.54 Å². The van der Waals surface area contributed by atoms with Gasteiger partial charge in [-0.3, -0.25) is 14.6 Å². The normalized spacial score (nSPS) is 10.7. The van der Waals surface area contributed by atoms with Crippen LogP contribution in [-0.2, 0) is 11.3 Å². The third kappa shape index (κ3) is 6.53. The first-order valence-corrected chi connectivity index (χ1v) is 9.89. The summed E-state index contributed by atoms with van der Waals surface area (Å²) < 4.78 is 5.49. The van der Waals surface area contributed by atoms with E-state index < -0.39 is 5.91 Å². The summed E-state index contributed by atoms with van der Waals surface area (Å²) >= 11 is 0. The number of nitrogens with one attached hydrogen (secondary N) is 2. The first-order valence-electron chi connectivity index (χ1n) is 9.89. The average molecular weight is 425 g/mol. The molecule has 2 N–H and O–H groups in total. The summed E-state index contributed by atoms with van der Waals surface area (Å²) in [6, 6.07) is 19.4. The number of pyridine rings is 1. The summed E-state index contributed by atoms with van der Waals surface area (Å²) in [5, 5.41) is 5.54. The molecule has 0 fully saturated rings. The molecule has 0 atom stereocenters. The largest absolute Gasteiger partial charge is 0.458 e. The molecule has 3 aromatic rings. The lowest BCUT2D eigenvalue weighted by molar-refractivity contribution is -0.117. The highest BCUT2D eigenvalue weighted by Crippen LogP contribution is 2.17. The van der Waals surface area contributed by atoms with Crippen LogP contribution in [0.3, 0.4) is 0 Å². The minimum Gasteiger partial charge on any atom is -0.458 e. The highest BCUT2D eigenvalue weighted by atomic mass is 16.5. The van der Waals surface area contributed by atoms with Crippen molar-refractivity contribution < 1.29 is 14.3 Å². The second-order valence-electron chi connectivity index (χ2n) is 6.76. The SMILES string of the molecule is C=CC(=C)Oc1ccc(/C=C(\NC(=O)c2ccccc2)C(=O)NCc2ccncc2)cc1. The van der Waals surface area contributed by atoms with E-state index in [4.69, 9.17) is 4.74 Å². The summed E-state index contributed by atoms with van der Waals surface area (Å²) in [4.78, 5) is 29.5. The van der Waals surface area contributed by atoms with E-state index >= 15 is 0 Å². The number of nitrogens with zero attached hydrogens (tertiary/aromatic N) is 1. The zero-order chi connectivity index (χ0) is 22.8. The predicted molar refractivity (Wildman–Crippen MR) is 124 cm³/mol. The maximum atomic E-state index is 12.9. The number of hydrogen-bond donors (Lipinski definition) is 2. The Kier molecular flexibility index (Phi) is 7.70. The topological polar surface area (TPSA) is 80.3 Å². The lowest BCUT2D eigenvalue weighted by Crippen LogP contribution is -2.34. The molecule has 32 heavy (non-hydrogen) atoms. The highest BCUT2D eigenvalue weighted by Gasteiger charge is 2.14. The maximum absolute atomic E-state index is 12.9. The van der Waals surface area contributed by atoms with Crippen molar-refractivity contribution in [2.75, 3.05) is 0 Å². The van der Waals surface area contributed by atoms with Crippen LogP contribution in [-0.4, -0.2) is 16.8 Å². The zero-order valence-corrected chi connectivity index (χ0v) is 17.5.